The SMILES string of the molecule is NC(=O)c1nn(CC(=O)N2[C@@H]3CC[C@@H](C3)[C@H]2C(=O)Nc2cccc(Cl)n2)c2ccc(NC(=O)c3ccccc3Cl)cc12. The van der Waals surface area contributed by atoms with Gasteiger partial charge in [-0.15, -0.1) is 0 Å². The molecule has 1 saturated heterocycles. The van der Waals surface area contributed by atoms with Gasteiger partial charge in [0.2, 0.25) is 11.8 Å². The normalized spacial score (nSPS) is 19.2. The van der Waals surface area contributed by atoms with Gasteiger partial charge in [0.1, 0.15) is 23.6 Å². The zero-order valence-corrected chi connectivity index (χ0v) is 23.6. The number of benzene rings is 2. The number of nitrogens with zero attached hydrogens (tertiary/aromatic N) is 4. The molecule has 2 bridgehead atoms. The lowest BCUT2D eigenvalue weighted by Crippen LogP contribution is -2.52. The zero-order valence-electron chi connectivity index (χ0n) is 22.1. The Morgan fingerprint density at radius 3 is 2.55 bits per heavy atom. The summed E-state index contributed by atoms with van der Waals surface area (Å²) in [6.45, 7) is -0.211. The Hall–Kier alpha value is -4.48. The van der Waals surface area contributed by atoms with Gasteiger partial charge in [-0.25, -0.2) is 4.98 Å². The van der Waals surface area contributed by atoms with E-state index in [9.17, 15) is 19.2 Å². The lowest BCUT2D eigenvalue weighted by molar-refractivity contribution is -0.141. The topological polar surface area (TPSA) is 152 Å². The maximum Gasteiger partial charge on any atom is 0.269 e. The van der Waals surface area contributed by atoms with E-state index in [4.69, 9.17) is 28.9 Å². The van der Waals surface area contributed by atoms with Gasteiger partial charge in [0.25, 0.3) is 11.8 Å². The third-order valence-corrected chi connectivity index (χ3v) is 8.29. The molecule has 4 aromatic rings. The zero-order chi connectivity index (χ0) is 29.5. The molecule has 3 atom stereocenters. The van der Waals surface area contributed by atoms with Gasteiger partial charge < -0.3 is 21.3 Å². The fourth-order valence-electron chi connectivity index (χ4n) is 5.98. The number of halogens is 2. The number of nitrogens with two attached hydrogens (primary N) is 1. The van der Waals surface area contributed by atoms with Crippen molar-refractivity contribution in [1.82, 2.24) is 19.7 Å². The molecule has 4 N–H and O–H groups in total. The average molecular weight is 606 g/mol. The standard InChI is InChI=1S/C29H25Cl2N7O4/c30-20-5-2-1-4-18(20)28(41)33-16-9-11-21-19(13-16)25(27(32)40)36-37(21)14-24(39)38-17-10-8-15(12-17)26(38)29(42)35-23-7-3-6-22(31)34-23/h1-7,9,11,13,15,17,26H,8,10,12,14H2,(H2,32,40)(H,33,41)(H,34,35,42)/t15-,17+,26-/m0/s1. The smallest absolute Gasteiger partial charge is 0.269 e. The first-order valence-corrected chi connectivity index (χ1v) is 14.1. The van der Waals surface area contributed by atoms with Crippen LogP contribution in [0.15, 0.2) is 60.7 Å². The molecule has 214 valence electrons. The van der Waals surface area contributed by atoms with Gasteiger partial charge in [-0.05, 0) is 67.6 Å². The molecule has 4 amide bonds. The van der Waals surface area contributed by atoms with E-state index in [-0.39, 0.29) is 41.2 Å². The highest BCUT2D eigenvalue weighted by atomic mass is 35.5. The van der Waals surface area contributed by atoms with Crippen molar-refractivity contribution in [1.29, 1.82) is 0 Å². The summed E-state index contributed by atoms with van der Waals surface area (Å²) in [5.74, 6) is -1.51. The minimum Gasteiger partial charge on any atom is -0.364 e. The van der Waals surface area contributed by atoms with E-state index in [1.54, 1.807) is 65.6 Å². The van der Waals surface area contributed by atoms with Gasteiger partial charge >= 0.3 is 0 Å². The van der Waals surface area contributed by atoms with Crippen LogP contribution >= 0.6 is 23.2 Å². The first-order valence-electron chi connectivity index (χ1n) is 13.3. The number of carbonyl (C=O) groups excluding carboxylic acids is 4. The van der Waals surface area contributed by atoms with E-state index in [0.29, 0.717) is 33.0 Å². The van der Waals surface area contributed by atoms with Crippen LogP contribution in [0.5, 0.6) is 0 Å². The van der Waals surface area contributed by atoms with Crippen molar-refractivity contribution in [2.75, 3.05) is 10.6 Å². The number of rotatable bonds is 7. The fourth-order valence-corrected chi connectivity index (χ4v) is 6.36. The number of primary amides is 1. The Labute approximate surface area is 250 Å². The lowest BCUT2D eigenvalue weighted by Gasteiger charge is -2.34. The summed E-state index contributed by atoms with van der Waals surface area (Å²) in [6.07, 6.45) is 2.37. The first-order chi connectivity index (χ1) is 20.2. The number of likely N-dealkylation sites (tertiary alicyclic amines) is 1. The molecule has 0 unspecified atom stereocenters. The molecule has 2 aromatic heterocycles. The number of anilines is 2. The van der Waals surface area contributed by atoms with Gasteiger partial charge in [0, 0.05) is 17.1 Å². The van der Waals surface area contributed by atoms with E-state index in [0.717, 1.165) is 19.3 Å². The molecular weight excluding hydrogens is 581 g/mol. The van der Waals surface area contributed by atoms with Crippen LogP contribution in [-0.2, 0) is 16.1 Å². The molecule has 0 spiro atoms. The number of pyridine rings is 1. The van der Waals surface area contributed by atoms with Crippen LogP contribution in [0.25, 0.3) is 10.9 Å². The molecule has 0 radical (unpaired) electrons. The van der Waals surface area contributed by atoms with E-state index < -0.39 is 17.9 Å². The van der Waals surface area contributed by atoms with Crippen LogP contribution in [-0.4, -0.2) is 55.4 Å². The Kier molecular flexibility index (Phi) is 7.29. The van der Waals surface area contributed by atoms with E-state index >= 15 is 0 Å². The Bertz CT molecular complexity index is 1760. The summed E-state index contributed by atoms with van der Waals surface area (Å²) in [7, 11) is 0. The second-order valence-electron chi connectivity index (χ2n) is 10.3. The second-order valence-corrected chi connectivity index (χ2v) is 11.1. The van der Waals surface area contributed by atoms with Gasteiger partial charge in [-0.3, -0.25) is 23.9 Å². The molecule has 2 aliphatic rings. The average Bonchev–Trinajstić information content (AvgIpc) is 3.67. The summed E-state index contributed by atoms with van der Waals surface area (Å²) in [4.78, 5) is 57.8. The van der Waals surface area contributed by atoms with Crippen LogP contribution in [0.3, 0.4) is 0 Å². The molecule has 6 rings (SSSR count). The molecule has 3 heterocycles. The van der Waals surface area contributed by atoms with Gasteiger partial charge in [-0.1, -0.05) is 41.4 Å². The summed E-state index contributed by atoms with van der Waals surface area (Å²) >= 11 is 12.1. The van der Waals surface area contributed by atoms with Crippen molar-refractivity contribution in [3.63, 3.8) is 0 Å². The maximum absolute atomic E-state index is 13.7. The molecule has 13 heteroatoms. The van der Waals surface area contributed by atoms with E-state index in [1.807, 2.05) is 0 Å². The number of nitrogens with one attached hydrogen (secondary N) is 2. The van der Waals surface area contributed by atoms with Crippen molar-refractivity contribution in [3.05, 3.63) is 82.1 Å². The van der Waals surface area contributed by atoms with Gasteiger partial charge in [-0.2, -0.15) is 5.10 Å². The van der Waals surface area contributed by atoms with Crippen molar-refractivity contribution in [2.24, 2.45) is 11.7 Å². The van der Waals surface area contributed by atoms with Crippen molar-refractivity contribution < 1.29 is 19.2 Å². The quantitative estimate of drug-likeness (QED) is 0.269. The number of piperidine rings is 1. The minimum absolute atomic E-state index is 0.0259. The molecule has 11 nitrogen and oxygen atoms in total. The highest BCUT2D eigenvalue weighted by Gasteiger charge is 2.51. The van der Waals surface area contributed by atoms with Gasteiger partial charge in [0.05, 0.1) is 16.1 Å². The molecule has 1 saturated carbocycles. The van der Waals surface area contributed by atoms with Gasteiger partial charge in [0.15, 0.2) is 5.69 Å². The Morgan fingerprint density at radius 2 is 1.79 bits per heavy atom. The van der Waals surface area contributed by atoms with E-state index in [2.05, 4.69) is 20.7 Å². The number of hydrogen-bond donors (Lipinski definition) is 3. The first kappa shape index (κ1) is 27.7. The highest BCUT2D eigenvalue weighted by molar-refractivity contribution is 6.34. The summed E-state index contributed by atoms with van der Waals surface area (Å²) < 4.78 is 1.40. The predicted octanol–water partition coefficient (Wildman–Crippen LogP) is 4.11. The summed E-state index contributed by atoms with van der Waals surface area (Å²) in [5.41, 5.74) is 6.73. The Morgan fingerprint density at radius 1 is 0.976 bits per heavy atom. The molecule has 2 fully saturated rings. The molecular formula is C29H25Cl2N7O4. The Balaban J connectivity index is 1.25. The number of amides is 4. The van der Waals surface area contributed by atoms with Crippen LogP contribution in [0.2, 0.25) is 10.2 Å². The number of carbonyl (C=O) groups is 4. The number of fused-ring (bicyclic) bond motifs is 3. The third kappa shape index (κ3) is 5.17. The van der Waals surface area contributed by atoms with Crippen molar-refractivity contribution >= 4 is 69.2 Å². The fraction of sp³-hybridized carbons (Fsp3) is 0.241. The maximum atomic E-state index is 13.7. The van der Waals surface area contributed by atoms with E-state index in [1.165, 1.54) is 4.68 Å². The third-order valence-electron chi connectivity index (χ3n) is 7.75. The molecule has 1 aliphatic heterocycles. The second kappa shape index (κ2) is 11.1. The summed E-state index contributed by atoms with van der Waals surface area (Å²) in [5, 5.41) is 10.8. The largest absolute Gasteiger partial charge is 0.364 e. The predicted molar refractivity (Wildman–Crippen MR) is 157 cm³/mol. The molecule has 2 aromatic carbocycles. The van der Waals surface area contributed by atoms with Crippen LogP contribution in [0, 0.1) is 5.92 Å². The van der Waals surface area contributed by atoms with Crippen LogP contribution in [0.4, 0.5) is 11.5 Å². The number of aromatic nitrogens is 3. The molecule has 1 aliphatic carbocycles. The lowest BCUT2D eigenvalue weighted by atomic mass is 9.97. The van der Waals surface area contributed by atoms with Crippen molar-refractivity contribution in [3.8, 4) is 0 Å². The highest BCUT2D eigenvalue weighted by Crippen LogP contribution is 2.43. The number of hydrogen-bond acceptors (Lipinski definition) is 6. The summed E-state index contributed by atoms with van der Waals surface area (Å²) in [6, 6.07) is 15.7. The van der Waals surface area contributed by atoms with Crippen molar-refractivity contribution in [2.45, 2.75) is 37.9 Å². The van der Waals surface area contributed by atoms with Crippen LogP contribution < -0.4 is 16.4 Å². The minimum atomic E-state index is -0.785. The van der Waals surface area contributed by atoms with Crippen LogP contribution in [0.1, 0.15) is 40.1 Å². The molecule has 42 heavy (non-hydrogen) atoms. The monoisotopic (exact) mass is 605 g/mol.